The van der Waals surface area contributed by atoms with Crippen molar-refractivity contribution in [1.82, 2.24) is 5.32 Å². The first-order valence-electron chi connectivity index (χ1n) is 6.09. The summed E-state index contributed by atoms with van der Waals surface area (Å²) in [6, 6.07) is 5.87. The van der Waals surface area contributed by atoms with Gasteiger partial charge < -0.3 is 15.5 Å². The topological polar surface area (TPSA) is 52.5 Å². The maximum Gasteiger partial charge on any atom is 0.123 e. The molecule has 3 nitrogen and oxygen atoms in total. The lowest BCUT2D eigenvalue weighted by atomic mass is 9.85. The Morgan fingerprint density at radius 3 is 2.53 bits per heavy atom. The number of benzene rings is 1. The van der Waals surface area contributed by atoms with Gasteiger partial charge in [0.15, 0.2) is 0 Å². The number of aliphatic hydroxyl groups is 1. The second-order valence-corrected chi connectivity index (χ2v) is 5.32. The van der Waals surface area contributed by atoms with E-state index in [9.17, 15) is 5.11 Å². The minimum absolute atomic E-state index is 0.0504. The van der Waals surface area contributed by atoms with Crippen molar-refractivity contribution in [2.45, 2.75) is 39.2 Å². The molecule has 0 aliphatic rings. The minimum Gasteiger partial charge on any atom is -0.507 e. The normalized spacial score (nSPS) is 11.8. The van der Waals surface area contributed by atoms with Crippen LogP contribution in [-0.2, 0) is 12.0 Å². The van der Waals surface area contributed by atoms with Gasteiger partial charge in [-0.2, -0.15) is 0 Å². The second-order valence-electron chi connectivity index (χ2n) is 5.32. The van der Waals surface area contributed by atoms with Crippen LogP contribution in [-0.4, -0.2) is 23.4 Å². The third-order valence-corrected chi connectivity index (χ3v) is 2.75. The summed E-state index contributed by atoms with van der Waals surface area (Å²) >= 11 is 0. The van der Waals surface area contributed by atoms with Gasteiger partial charge in [-0.3, -0.25) is 0 Å². The maximum absolute atomic E-state index is 10.2. The number of rotatable bonds is 5. The SMILES string of the molecule is CC(C)(C)c1cccc(CNCCCO)c1O. The predicted octanol–water partition coefficient (Wildman–Crippen LogP) is 2.16. The average molecular weight is 237 g/mol. The average Bonchev–Trinajstić information content (AvgIpc) is 2.25. The molecule has 0 aromatic heterocycles. The Labute approximate surface area is 103 Å². The van der Waals surface area contributed by atoms with Crippen molar-refractivity contribution in [2.24, 2.45) is 0 Å². The molecule has 0 saturated carbocycles. The van der Waals surface area contributed by atoms with Crippen LogP contribution in [0.1, 0.15) is 38.3 Å². The third-order valence-electron chi connectivity index (χ3n) is 2.75. The highest BCUT2D eigenvalue weighted by Gasteiger charge is 2.19. The summed E-state index contributed by atoms with van der Waals surface area (Å²) in [6.45, 7) is 7.85. The van der Waals surface area contributed by atoms with E-state index < -0.39 is 0 Å². The summed E-state index contributed by atoms with van der Waals surface area (Å²) < 4.78 is 0. The van der Waals surface area contributed by atoms with Crippen molar-refractivity contribution in [2.75, 3.05) is 13.2 Å². The molecule has 96 valence electrons. The van der Waals surface area contributed by atoms with E-state index in [-0.39, 0.29) is 12.0 Å². The quantitative estimate of drug-likeness (QED) is 0.688. The molecule has 3 heteroatoms. The van der Waals surface area contributed by atoms with E-state index in [4.69, 9.17) is 5.11 Å². The van der Waals surface area contributed by atoms with Gasteiger partial charge in [0.1, 0.15) is 5.75 Å². The van der Waals surface area contributed by atoms with Gasteiger partial charge in [0.05, 0.1) is 0 Å². The minimum atomic E-state index is -0.0504. The van der Waals surface area contributed by atoms with Gasteiger partial charge in [0.2, 0.25) is 0 Å². The molecule has 0 spiro atoms. The molecular formula is C14H23NO2. The van der Waals surface area contributed by atoms with Crippen LogP contribution < -0.4 is 5.32 Å². The highest BCUT2D eigenvalue weighted by atomic mass is 16.3. The predicted molar refractivity (Wildman–Crippen MR) is 70.2 cm³/mol. The van der Waals surface area contributed by atoms with Crippen LogP contribution in [0.15, 0.2) is 18.2 Å². The van der Waals surface area contributed by atoms with E-state index in [1.165, 1.54) is 0 Å². The van der Waals surface area contributed by atoms with E-state index in [1.54, 1.807) is 0 Å². The number of aliphatic hydroxyl groups excluding tert-OH is 1. The van der Waals surface area contributed by atoms with E-state index in [0.717, 1.165) is 24.1 Å². The first kappa shape index (κ1) is 14.0. The molecule has 0 atom stereocenters. The molecular weight excluding hydrogens is 214 g/mol. The molecule has 0 aliphatic carbocycles. The number of nitrogens with one attached hydrogen (secondary N) is 1. The van der Waals surface area contributed by atoms with Crippen LogP contribution in [0, 0.1) is 0 Å². The summed E-state index contributed by atoms with van der Waals surface area (Å²) in [4.78, 5) is 0. The summed E-state index contributed by atoms with van der Waals surface area (Å²) in [5.74, 6) is 0.386. The molecule has 0 heterocycles. The van der Waals surface area contributed by atoms with Crippen molar-refractivity contribution in [3.63, 3.8) is 0 Å². The second kappa shape index (κ2) is 6.03. The first-order valence-corrected chi connectivity index (χ1v) is 6.09. The Balaban J connectivity index is 2.74. The molecule has 0 aliphatic heterocycles. The Kier molecular flexibility index (Phi) is 4.97. The van der Waals surface area contributed by atoms with Gasteiger partial charge in [-0.1, -0.05) is 39.0 Å². The van der Waals surface area contributed by atoms with E-state index in [1.807, 2.05) is 18.2 Å². The Bertz CT molecular complexity index is 356. The number of phenols is 1. The maximum atomic E-state index is 10.2. The fourth-order valence-electron chi connectivity index (χ4n) is 1.77. The number of para-hydroxylation sites is 1. The van der Waals surface area contributed by atoms with Crippen LogP contribution >= 0.6 is 0 Å². The Morgan fingerprint density at radius 1 is 1.24 bits per heavy atom. The van der Waals surface area contributed by atoms with Crippen molar-refractivity contribution in [1.29, 1.82) is 0 Å². The molecule has 0 unspecified atom stereocenters. The monoisotopic (exact) mass is 237 g/mol. The van der Waals surface area contributed by atoms with Gasteiger partial charge in [0.25, 0.3) is 0 Å². The fourth-order valence-corrected chi connectivity index (χ4v) is 1.77. The Morgan fingerprint density at radius 2 is 1.94 bits per heavy atom. The van der Waals surface area contributed by atoms with Crippen LogP contribution in [0.3, 0.4) is 0 Å². The largest absolute Gasteiger partial charge is 0.507 e. The molecule has 0 radical (unpaired) electrons. The zero-order chi connectivity index (χ0) is 12.9. The molecule has 1 aromatic rings. The lowest BCUT2D eigenvalue weighted by molar-refractivity contribution is 0.286. The smallest absolute Gasteiger partial charge is 0.123 e. The summed E-state index contributed by atoms with van der Waals surface area (Å²) in [5.41, 5.74) is 1.83. The fraction of sp³-hybridized carbons (Fsp3) is 0.571. The third kappa shape index (κ3) is 4.02. The highest BCUT2D eigenvalue weighted by Crippen LogP contribution is 2.32. The molecule has 1 aromatic carbocycles. The summed E-state index contributed by atoms with van der Waals surface area (Å²) in [5, 5.41) is 22.1. The van der Waals surface area contributed by atoms with Gasteiger partial charge in [0, 0.05) is 18.7 Å². The van der Waals surface area contributed by atoms with Crippen LogP contribution in [0.2, 0.25) is 0 Å². The number of hydrogen-bond acceptors (Lipinski definition) is 3. The molecule has 0 bridgehead atoms. The number of aromatic hydroxyl groups is 1. The summed E-state index contributed by atoms with van der Waals surface area (Å²) in [7, 11) is 0. The van der Waals surface area contributed by atoms with Crippen molar-refractivity contribution < 1.29 is 10.2 Å². The van der Waals surface area contributed by atoms with Crippen molar-refractivity contribution in [3.05, 3.63) is 29.3 Å². The molecule has 0 amide bonds. The molecule has 1 rings (SSSR count). The number of hydrogen-bond donors (Lipinski definition) is 3. The van der Waals surface area contributed by atoms with E-state index in [2.05, 4.69) is 26.1 Å². The van der Waals surface area contributed by atoms with Crippen LogP contribution in [0.4, 0.5) is 0 Å². The highest BCUT2D eigenvalue weighted by molar-refractivity contribution is 5.43. The van der Waals surface area contributed by atoms with Gasteiger partial charge in [-0.15, -0.1) is 0 Å². The Hall–Kier alpha value is -1.06. The van der Waals surface area contributed by atoms with E-state index in [0.29, 0.717) is 12.3 Å². The zero-order valence-electron chi connectivity index (χ0n) is 11.0. The standard InChI is InChI=1S/C14H23NO2/c1-14(2,3)12-7-4-6-11(13(12)17)10-15-8-5-9-16/h4,6-7,15-17H,5,8-10H2,1-3H3. The van der Waals surface area contributed by atoms with Gasteiger partial charge in [-0.05, 0) is 23.9 Å². The number of phenolic OH excluding ortho intramolecular Hbond substituents is 1. The lowest BCUT2D eigenvalue weighted by Crippen LogP contribution is -2.17. The molecule has 0 fully saturated rings. The van der Waals surface area contributed by atoms with Crippen molar-refractivity contribution >= 4 is 0 Å². The molecule has 0 saturated heterocycles. The first-order chi connectivity index (χ1) is 7.96. The lowest BCUT2D eigenvalue weighted by Gasteiger charge is -2.22. The zero-order valence-corrected chi connectivity index (χ0v) is 11.0. The molecule has 3 N–H and O–H groups in total. The molecule has 17 heavy (non-hydrogen) atoms. The van der Waals surface area contributed by atoms with Gasteiger partial charge >= 0.3 is 0 Å². The van der Waals surface area contributed by atoms with Crippen molar-refractivity contribution in [3.8, 4) is 5.75 Å². The van der Waals surface area contributed by atoms with Crippen LogP contribution in [0.25, 0.3) is 0 Å². The summed E-state index contributed by atoms with van der Waals surface area (Å²) in [6.07, 6.45) is 0.736. The van der Waals surface area contributed by atoms with Crippen LogP contribution in [0.5, 0.6) is 5.75 Å². The van der Waals surface area contributed by atoms with E-state index >= 15 is 0 Å². The van der Waals surface area contributed by atoms with Gasteiger partial charge in [-0.25, -0.2) is 0 Å².